The number of nitrogens with two attached hydrogens (primary N) is 1. The first-order valence-corrected chi connectivity index (χ1v) is 5.55. The van der Waals surface area contributed by atoms with E-state index in [1.54, 1.807) is 6.92 Å². The van der Waals surface area contributed by atoms with E-state index in [0.717, 1.165) is 0 Å². The normalized spacial score (nSPS) is 15.1. The number of amides is 2. The lowest BCUT2D eigenvalue weighted by molar-refractivity contribution is -0.130. The summed E-state index contributed by atoms with van der Waals surface area (Å²) in [5.74, 6) is -0.497. The Balaban J connectivity index is 4.21. The monoisotopic (exact) mass is 229 g/mol. The lowest BCUT2D eigenvalue weighted by Gasteiger charge is -2.24. The molecule has 0 heterocycles. The van der Waals surface area contributed by atoms with E-state index in [4.69, 9.17) is 5.73 Å². The molecule has 0 radical (unpaired) electrons. The predicted octanol–water partition coefficient (Wildman–Crippen LogP) is 0.143. The topological polar surface area (TPSA) is 84.2 Å². The van der Waals surface area contributed by atoms with Gasteiger partial charge in [-0.15, -0.1) is 0 Å². The average molecular weight is 229 g/mol. The van der Waals surface area contributed by atoms with E-state index in [1.165, 1.54) is 0 Å². The molecule has 0 saturated carbocycles. The summed E-state index contributed by atoms with van der Waals surface area (Å²) in [6.45, 7) is 9.12. The van der Waals surface area contributed by atoms with Gasteiger partial charge in [0.15, 0.2) is 0 Å². The molecule has 1 unspecified atom stereocenters. The second-order valence-electron chi connectivity index (χ2n) is 4.98. The first-order valence-electron chi connectivity index (χ1n) is 5.55. The number of carbonyl (C=O) groups excluding carboxylic acids is 2. The van der Waals surface area contributed by atoms with Crippen molar-refractivity contribution in [2.24, 2.45) is 5.73 Å². The standard InChI is InChI=1S/C11H23N3O2/c1-6-8(12)10(16)13-7(2)9(15)14-11(3,4)5/h7-8H,6,12H2,1-5H3,(H,13,16)(H,14,15)/t7?,8-/m1/s1. The summed E-state index contributed by atoms with van der Waals surface area (Å²) in [6.07, 6.45) is 0.555. The molecule has 94 valence electrons. The molecule has 16 heavy (non-hydrogen) atoms. The van der Waals surface area contributed by atoms with E-state index >= 15 is 0 Å². The van der Waals surface area contributed by atoms with Crippen LogP contribution in [0.15, 0.2) is 0 Å². The van der Waals surface area contributed by atoms with Crippen LogP contribution in [0.2, 0.25) is 0 Å². The summed E-state index contributed by atoms with van der Waals surface area (Å²) >= 11 is 0. The van der Waals surface area contributed by atoms with Crippen molar-refractivity contribution in [2.45, 2.75) is 58.7 Å². The molecular weight excluding hydrogens is 206 g/mol. The minimum absolute atomic E-state index is 0.204. The molecule has 0 rings (SSSR count). The van der Waals surface area contributed by atoms with Gasteiger partial charge < -0.3 is 16.4 Å². The summed E-state index contributed by atoms with van der Waals surface area (Å²) in [5, 5.41) is 5.36. The molecule has 0 aromatic heterocycles. The van der Waals surface area contributed by atoms with Crippen molar-refractivity contribution in [3.8, 4) is 0 Å². The zero-order valence-corrected chi connectivity index (χ0v) is 10.8. The Hall–Kier alpha value is -1.10. The summed E-state index contributed by atoms with van der Waals surface area (Å²) in [7, 11) is 0. The Kier molecular flexibility index (Phi) is 5.44. The second kappa shape index (κ2) is 5.84. The van der Waals surface area contributed by atoms with Crippen molar-refractivity contribution in [1.29, 1.82) is 0 Å². The molecule has 5 heteroatoms. The van der Waals surface area contributed by atoms with E-state index in [-0.39, 0.29) is 17.4 Å². The molecule has 0 aliphatic carbocycles. The van der Waals surface area contributed by atoms with Crippen LogP contribution in [0.1, 0.15) is 41.0 Å². The first-order chi connectivity index (χ1) is 7.17. The molecule has 0 aliphatic rings. The van der Waals surface area contributed by atoms with E-state index in [0.29, 0.717) is 6.42 Å². The van der Waals surface area contributed by atoms with Crippen molar-refractivity contribution in [3.05, 3.63) is 0 Å². The summed E-state index contributed by atoms with van der Waals surface area (Å²) < 4.78 is 0. The molecule has 4 N–H and O–H groups in total. The highest BCUT2D eigenvalue weighted by Crippen LogP contribution is 1.99. The highest BCUT2D eigenvalue weighted by atomic mass is 16.2. The van der Waals surface area contributed by atoms with Gasteiger partial charge in [-0.3, -0.25) is 9.59 Å². The largest absolute Gasteiger partial charge is 0.350 e. The van der Waals surface area contributed by atoms with Crippen LogP contribution in [0, 0.1) is 0 Å². The Morgan fingerprint density at radius 2 is 1.75 bits per heavy atom. The van der Waals surface area contributed by atoms with Gasteiger partial charge in [0, 0.05) is 5.54 Å². The third kappa shape index (κ3) is 5.70. The number of nitrogens with one attached hydrogen (secondary N) is 2. The van der Waals surface area contributed by atoms with Gasteiger partial charge in [-0.1, -0.05) is 6.92 Å². The molecule has 0 bridgehead atoms. The quantitative estimate of drug-likeness (QED) is 0.641. The second-order valence-corrected chi connectivity index (χ2v) is 4.98. The summed E-state index contributed by atoms with van der Waals surface area (Å²) in [5.41, 5.74) is 5.25. The molecule has 0 spiro atoms. The summed E-state index contributed by atoms with van der Waals surface area (Å²) in [6, 6.07) is -1.12. The van der Waals surface area contributed by atoms with Crippen molar-refractivity contribution < 1.29 is 9.59 Å². The minimum atomic E-state index is -0.565. The van der Waals surface area contributed by atoms with E-state index in [2.05, 4.69) is 10.6 Å². The fraction of sp³-hybridized carbons (Fsp3) is 0.818. The smallest absolute Gasteiger partial charge is 0.242 e. The van der Waals surface area contributed by atoms with Gasteiger partial charge in [0.25, 0.3) is 0 Å². The minimum Gasteiger partial charge on any atom is -0.350 e. The summed E-state index contributed by atoms with van der Waals surface area (Å²) in [4.78, 5) is 23.1. The van der Waals surface area contributed by atoms with Crippen LogP contribution >= 0.6 is 0 Å². The number of rotatable bonds is 4. The first kappa shape index (κ1) is 14.9. The average Bonchev–Trinajstić information content (AvgIpc) is 2.13. The van der Waals surface area contributed by atoms with Crippen LogP contribution in [-0.4, -0.2) is 29.4 Å². The maximum Gasteiger partial charge on any atom is 0.242 e. The van der Waals surface area contributed by atoms with Crippen LogP contribution in [0.4, 0.5) is 0 Å². The number of hydrogen-bond donors (Lipinski definition) is 3. The molecule has 0 saturated heterocycles. The number of hydrogen-bond acceptors (Lipinski definition) is 3. The van der Waals surface area contributed by atoms with Crippen molar-refractivity contribution in [2.75, 3.05) is 0 Å². The predicted molar refractivity (Wildman–Crippen MR) is 63.8 cm³/mol. The van der Waals surface area contributed by atoms with Crippen LogP contribution < -0.4 is 16.4 Å². The molecule has 0 aromatic carbocycles. The molecule has 0 aliphatic heterocycles. The maximum absolute atomic E-state index is 11.6. The van der Waals surface area contributed by atoms with Crippen LogP contribution in [-0.2, 0) is 9.59 Å². The lowest BCUT2D eigenvalue weighted by Crippen LogP contribution is -2.53. The number of carbonyl (C=O) groups is 2. The van der Waals surface area contributed by atoms with Gasteiger partial charge >= 0.3 is 0 Å². The van der Waals surface area contributed by atoms with Gasteiger partial charge in [-0.05, 0) is 34.1 Å². The highest BCUT2D eigenvalue weighted by molar-refractivity contribution is 5.89. The third-order valence-corrected chi connectivity index (χ3v) is 2.03. The van der Waals surface area contributed by atoms with E-state index in [1.807, 2.05) is 27.7 Å². The molecule has 5 nitrogen and oxygen atoms in total. The molecular formula is C11H23N3O2. The Bertz CT molecular complexity index is 258. The maximum atomic E-state index is 11.6. The van der Waals surface area contributed by atoms with Crippen LogP contribution in [0.25, 0.3) is 0 Å². The Labute approximate surface area is 97.2 Å². The molecule has 0 aromatic rings. The fourth-order valence-corrected chi connectivity index (χ4v) is 1.05. The Morgan fingerprint density at radius 1 is 1.25 bits per heavy atom. The van der Waals surface area contributed by atoms with Gasteiger partial charge in [0.1, 0.15) is 6.04 Å². The molecule has 2 atom stereocenters. The highest BCUT2D eigenvalue weighted by Gasteiger charge is 2.22. The fourth-order valence-electron chi connectivity index (χ4n) is 1.05. The van der Waals surface area contributed by atoms with E-state index < -0.39 is 12.1 Å². The van der Waals surface area contributed by atoms with Crippen molar-refractivity contribution >= 4 is 11.8 Å². The van der Waals surface area contributed by atoms with Crippen LogP contribution in [0.5, 0.6) is 0 Å². The van der Waals surface area contributed by atoms with Gasteiger partial charge in [0.05, 0.1) is 6.04 Å². The SMILES string of the molecule is CC[C@@H](N)C(=O)NC(C)C(=O)NC(C)(C)C. The van der Waals surface area contributed by atoms with Crippen molar-refractivity contribution in [1.82, 2.24) is 10.6 Å². The van der Waals surface area contributed by atoms with Gasteiger partial charge in [0.2, 0.25) is 11.8 Å². The lowest BCUT2D eigenvalue weighted by atomic mass is 10.1. The zero-order valence-electron chi connectivity index (χ0n) is 10.8. The van der Waals surface area contributed by atoms with Gasteiger partial charge in [-0.2, -0.15) is 0 Å². The van der Waals surface area contributed by atoms with Gasteiger partial charge in [-0.25, -0.2) is 0 Å². The zero-order chi connectivity index (χ0) is 12.9. The third-order valence-electron chi connectivity index (χ3n) is 2.03. The van der Waals surface area contributed by atoms with E-state index in [9.17, 15) is 9.59 Å². The van der Waals surface area contributed by atoms with Crippen molar-refractivity contribution in [3.63, 3.8) is 0 Å². The van der Waals surface area contributed by atoms with Crippen LogP contribution in [0.3, 0.4) is 0 Å². The molecule has 0 fully saturated rings. The Morgan fingerprint density at radius 3 is 2.12 bits per heavy atom. The molecule has 2 amide bonds.